The van der Waals surface area contributed by atoms with Crippen LogP contribution >= 0.6 is 11.6 Å². The summed E-state index contributed by atoms with van der Waals surface area (Å²) in [5, 5.41) is 0.643. The fraction of sp³-hybridized carbons (Fsp3) is 0.286. The van der Waals surface area contributed by atoms with E-state index in [4.69, 9.17) is 11.6 Å². The van der Waals surface area contributed by atoms with E-state index in [1.807, 2.05) is 6.92 Å². The van der Waals surface area contributed by atoms with Crippen molar-refractivity contribution in [3.63, 3.8) is 0 Å². The molecule has 0 N–H and O–H groups in total. The second kappa shape index (κ2) is 1.99. The fourth-order valence-corrected chi connectivity index (χ4v) is 1.02. The molecule has 1 aliphatic rings. The minimum Gasteiger partial charge on any atom is -0.302 e. The molecule has 0 saturated heterocycles. The molecule has 0 spiro atoms. The van der Waals surface area contributed by atoms with E-state index in [1.54, 1.807) is 18.2 Å². The van der Waals surface area contributed by atoms with Gasteiger partial charge in [0.15, 0.2) is 0 Å². The smallest absolute Gasteiger partial charge is 0.133 e. The van der Waals surface area contributed by atoms with Crippen LogP contribution in [-0.4, -0.2) is 6.29 Å². The van der Waals surface area contributed by atoms with E-state index in [1.165, 1.54) is 0 Å². The molecule has 0 aromatic heterocycles. The van der Waals surface area contributed by atoms with Gasteiger partial charge in [0.05, 0.1) is 5.41 Å². The molecule has 48 valence electrons. The van der Waals surface area contributed by atoms with Gasteiger partial charge in [0.1, 0.15) is 6.29 Å². The Hall–Kier alpha value is -0.560. The van der Waals surface area contributed by atoms with Crippen molar-refractivity contribution in [2.75, 3.05) is 0 Å². The maximum Gasteiger partial charge on any atom is 0.133 e. The van der Waals surface area contributed by atoms with Crippen molar-refractivity contribution < 1.29 is 4.79 Å². The second-order valence-electron chi connectivity index (χ2n) is 2.35. The summed E-state index contributed by atoms with van der Waals surface area (Å²) < 4.78 is 0. The second-order valence-corrected chi connectivity index (χ2v) is 2.78. The van der Waals surface area contributed by atoms with Gasteiger partial charge in [-0.3, -0.25) is 0 Å². The molecule has 0 heterocycles. The SMILES string of the molecule is CC1(C=O)C=CC(Cl)=C1. The van der Waals surface area contributed by atoms with Crippen LogP contribution in [-0.2, 0) is 4.79 Å². The summed E-state index contributed by atoms with van der Waals surface area (Å²) in [4.78, 5) is 10.3. The molecule has 1 aliphatic carbocycles. The average Bonchev–Trinajstić information content (AvgIpc) is 2.13. The highest BCUT2D eigenvalue weighted by atomic mass is 35.5. The molecule has 0 aliphatic heterocycles. The molecular weight excluding hydrogens is 136 g/mol. The Bertz CT molecular complexity index is 193. The standard InChI is InChI=1S/C7H7ClO/c1-7(5-9)3-2-6(8)4-7/h2-5H,1H3. The van der Waals surface area contributed by atoms with Crippen LogP contribution in [0.5, 0.6) is 0 Å². The van der Waals surface area contributed by atoms with E-state index in [2.05, 4.69) is 0 Å². The van der Waals surface area contributed by atoms with Gasteiger partial charge < -0.3 is 4.79 Å². The Balaban J connectivity index is 2.90. The lowest BCUT2D eigenvalue weighted by Crippen LogP contribution is -2.07. The zero-order chi connectivity index (χ0) is 6.91. The third-order valence-electron chi connectivity index (χ3n) is 1.30. The quantitative estimate of drug-likeness (QED) is 0.511. The van der Waals surface area contributed by atoms with Crippen molar-refractivity contribution in [2.24, 2.45) is 5.41 Å². The van der Waals surface area contributed by atoms with Gasteiger partial charge in [-0.05, 0) is 19.1 Å². The van der Waals surface area contributed by atoms with Crippen LogP contribution in [0.3, 0.4) is 0 Å². The topological polar surface area (TPSA) is 17.1 Å². The molecule has 9 heavy (non-hydrogen) atoms. The van der Waals surface area contributed by atoms with Gasteiger partial charge in [-0.2, -0.15) is 0 Å². The summed E-state index contributed by atoms with van der Waals surface area (Å²) in [6, 6.07) is 0. The number of aldehydes is 1. The van der Waals surface area contributed by atoms with E-state index in [9.17, 15) is 4.79 Å². The van der Waals surface area contributed by atoms with Gasteiger partial charge in [0, 0.05) is 5.03 Å². The zero-order valence-corrected chi connectivity index (χ0v) is 5.85. The largest absolute Gasteiger partial charge is 0.302 e. The number of hydrogen-bond acceptors (Lipinski definition) is 1. The first-order chi connectivity index (χ1) is 4.16. The Morgan fingerprint density at radius 3 is 2.67 bits per heavy atom. The van der Waals surface area contributed by atoms with Crippen molar-refractivity contribution >= 4 is 17.9 Å². The Morgan fingerprint density at radius 2 is 2.44 bits per heavy atom. The zero-order valence-electron chi connectivity index (χ0n) is 5.10. The predicted octanol–water partition coefficient (Wildman–Crippen LogP) is 1.88. The molecule has 0 aromatic carbocycles. The first-order valence-electron chi connectivity index (χ1n) is 2.70. The number of carbonyl (C=O) groups is 1. The van der Waals surface area contributed by atoms with Crippen molar-refractivity contribution in [1.29, 1.82) is 0 Å². The lowest BCUT2D eigenvalue weighted by molar-refractivity contribution is -0.111. The average molecular weight is 143 g/mol. The molecule has 0 amide bonds. The molecule has 1 unspecified atom stereocenters. The Morgan fingerprint density at radius 1 is 1.78 bits per heavy atom. The van der Waals surface area contributed by atoms with Crippen LogP contribution in [0.2, 0.25) is 0 Å². The summed E-state index contributed by atoms with van der Waals surface area (Å²) in [6.45, 7) is 1.81. The summed E-state index contributed by atoms with van der Waals surface area (Å²) in [5.74, 6) is 0. The van der Waals surface area contributed by atoms with Crippen LogP contribution in [0.4, 0.5) is 0 Å². The summed E-state index contributed by atoms with van der Waals surface area (Å²) >= 11 is 5.59. The summed E-state index contributed by atoms with van der Waals surface area (Å²) in [6.07, 6.45) is 6.11. The molecule has 0 bridgehead atoms. The van der Waals surface area contributed by atoms with Crippen LogP contribution in [0.25, 0.3) is 0 Å². The predicted molar refractivity (Wildman–Crippen MR) is 37.2 cm³/mol. The minimum atomic E-state index is -0.447. The Kier molecular flexibility index (Phi) is 1.45. The van der Waals surface area contributed by atoms with Crippen molar-refractivity contribution in [2.45, 2.75) is 6.92 Å². The molecule has 1 atom stereocenters. The van der Waals surface area contributed by atoms with Gasteiger partial charge in [-0.15, -0.1) is 0 Å². The summed E-state index contributed by atoms with van der Waals surface area (Å²) in [5.41, 5.74) is -0.447. The molecule has 1 nitrogen and oxygen atoms in total. The van der Waals surface area contributed by atoms with Crippen molar-refractivity contribution in [3.05, 3.63) is 23.3 Å². The molecule has 1 rings (SSSR count). The van der Waals surface area contributed by atoms with Crippen LogP contribution in [0, 0.1) is 5.41 Å². The van der Waals surface area contributed by atoms with E-state index in [0.29, 0.717) is 5.03 Å². The van der Waals surface area contributed by atoms with Crippen molar-refractivity contribution in [1.82, 2.24) is 0 Å². The van der Waals surface area contributed by atoms with Crippen LogP contribution in [0.15, 0.2) is 23.3 Å². The molecule has 2 heteroatoms. The van der Waals surface area contributed by atoms with E-state index < -0.39 is 5.41 Å². The lowest BCUT2D eigenvalue weighted by Gasteiger charge is -2.06. The number of allylic oxidation sites excluding steroid dienone is 4. The first kappa shape index (κ1) is 6.56. The van der Waals surface area contributed by atoms with Crippen LogP contribution in [0.1, 0.15) is 6.92 Å². The number of carbonyl (C=O) groups excluding carboxylic acids is 1. The molecular formula is C7H7ClO. The fourth-order valence-electron chi connectivity index (χ4n) is 0.726. The molecule has 0 radical (unpaired) electrons. The van der Waals surface area contributed by atoms with E-state index in [0.717, 1.165) is 6.29 Å². The van der Waals surface area contributed by atoms with Gasteiger partial charge in [-0.1, -0.05) is 17.7 Å². The highest BCUT2D eigenvalue weighted by Gasteiger charge is 2.20. The minimum absolute atomic E-state index is 0.447. The third kappa shape index (κ3) is 1.22. The van der Waals surface area contributed by atoms with Gasteiger partial charge in [0.2, 0.25) is 0 Å². The number of halogens is 1. The van der Waals surface area contributed by atoms with Gasteiger partial charge >= 0.3 is 0 Å². The monoisotopic (exact) mass is 142 g/mol. The summed E-state index contributed by atoms with van der Waals surface area (Å²) in [7, 11) is 0. The number of hydrogen-bond donors (Lipinski definition) is 0. The maximum atomic E-state index is 10.3. The Labute approximate surface area is 59.0 Å². The number of rotatable bonds is 1. The lowest BCUT2D eigenvalue weighted by atomic mass is 9.96. The normalized spacial score (nSPS) is 32.4. The maximum absolute atomic E-state index is 10.3. The van der Waals surface area contributed by atoms with Crippen molar-refractivity contribution in [3.8, 4) is 0 Å². The van der Waals surface area contributed by atoms with E-state index in [-0.39, 0.29) is 0 Å². The van der Waals surface area contributed by atoms with Gasteiger partial charge in [-0.25, -0.2) is 0 Å². The highest BCUT2D eigenvalue weighted by Crippen LogP contribution is 2.27. The molecule has 0 saturated carbocycles. The van der Waals surface area contributed by atoms with Crippen LogP contribution < -0.4 is 0 Å². The van der Waals surface area contributed by atoms with Gasteiger partial charge in [0.25, 0.3) is 0 Å². The third-order valence-corrected chi connectivity index (χ3v) is 1.54. The highest BCUT2D eigenvalue weighted by molar-refractivity contribution is 6.31. The molecule has 0 aromatic rings. The van der Waals surface area contributed by atoms with E-state index >= 15 is 0 Å². The molecule has 0 fully saturated rings. The first-order valence-corrected chi connectivity index (χ1v) is 3.08.